The molecule has 9 nitrogen and oxygen atoms in total. The highest BCUT2D eigenvalue weighted by Gasteiger charge is 2.34. The van der Waals surface area contributed by atoms with E-state index in [2.05, 4.69) is 10.3 Å². The lowest BCUT2D eigenvalue weighted by molar-refractivity contribution is -0.139. The van der Waals surface area contributed by atoms with Gasteiger partial charge >= 0.3 is 0 Å². The lowest BCUT2D eigenvalue weighted by atomic mass is 10.0. The van der Waals surface area contributed by atoms with E-state index in [0.29, 0.717) is 22.7 Å². The van der Waals surface area contributed by atoms with Crippen LogP contribution >= 0.6 is 0 Å². The van der Waals surface area contributed by atoms with Gasteiger partial charge in [-0.1, -0.05) is 66.2 Å². The van der Waals surface area contributed by atoms with Crippen LogP contribution in [-0.4, -0.2) is 31.1 Å². The van der Waals surface area contributed by atoms with Gasteiger partial charge in [-0.25, -0.2) is 4.68 Å². The number of fused-ring (bicyclic) bond motifs is 1. The molecule has 44 heavy (non-hydrogen) atoms. The maximum absolute atomic E-state index is 14.3. The molecule has 2 N–H and O–H groups in total. The summed E-state index contributed by atoms with van der Waals surface area (Å²) in [6.07, 6.45) is 3.43. The van der Waals surface area contributed by atoms with E-state index in [1.807, 2.05) is 92.0 Å². The number of hydrogen-bond donors (Lipinski definition) is 2. The summed E-state index contributed by atoms with van der Waals surface area (Å²) in [7, 11) is 1.77. The number of H-pyrrole nitrogens is 1. The molecule has 6 rings (SSSR count). The number of aromatic nitrogens is 3. The molecule has 0 saturated heterocycles. The van der Waals surface area contributed by atoms with E-state index in [0.717, 1.165) is 22.0 Å². The predicted molar refractivity (Wildman–Crippen MR) is 170 cm³/mol. The lowest BCUT2D eigenvalue weighted by Crippen LogP contribution is -2.42. The van der Waals surface area contributed by atoms with Crippen LogP contribution in [0.3, 0.4) is 0 Å². The third-order valence-corrected chi connectivity index (χ3v) is 8.00. The number of nitrogens with zero attached hydrogens (tertiary/aromatic N) is 3. The number of carbonyl (C=O) groups is 2. The number of furan rings is 1. The first-order valence-electron chi connectivity index (χ1n) is 14.4. The van der Waals surface area contributed by atoms with Gasteiger partial charge in [-0.05, 0) is 55.3 Å². The molecule has 9 heteroatoms. The highest BCUT2D eigenvalue weighted by molar-refractivity contribution is 5.99. The number of anilines is 1. The second-order valence-electron chi connectivity index (χ2n) is 10.9. The number of carbonyl (C=O) groups excluding carboxylic acids is 2. The Morgan fingerprint density at radius 3 is 2.39 bits per heavy atom. The summed E-state index contributed by atoms with van der Waals surface area (Å²) in [5.41, 5.74) is 4.42. The molecular formula is C35H33N5O4. The fraction of sp³-hybridized carbons (Fsp3) is 0.171. The van der Waals surface area contributed by atoms with Crippen molar-refractivity contribution in [2.75, 3.05) is 5.32 Å². The molecule has 3 heterocycles. The van der Waals surface area contributed by atoms with Crippen molar-refractivity contribution in [1.29, 1.82) is 0 Å². The van der Waals surface area contributed by atoms with Crippen LogP contribution in [-0.2, 0) is 29.6 Å². The van der Waals surface area contributed by atoms with E-state index in [1.54, 1.807) is 30.8 Å². The number of aromatic amines is 1. The van der Waals surface area contributed by atoms with Crippen LogP contribution in [0.4, 0.5) is 5.69 Å². The summed E-state index contributed by atoms with van der Waals surface area (Å²) < 4.78 is 8.85. The van der Waals surface area contributed by atoms with Crippen LogP contribution in [0.15, 0.2) is 113 Å². The first kappa shape index (κ1) is 28.5. The summed E-state index contributed by atoms with van der Waals surface area (Å²) in [5.74, 6) is -0.235. The highest BCUT2D eigenvalue weighted by Crippen LogP contribution is 2.28. The summed E-state index contributed by atoms with van der Waals surface area (Å²) in [4.78, 5) is 47.0. The molecule has 0 radical (unpaired) electrons. The van der Waals surface area contributed by atoms with Crippen molar-refractivity contribution in [3.63, 3.8) is 0 Å². The third kappa shape index (κ3) is 5.47. The first-order valence-corrected chi connectivity index (χ1v) is 14.4. The molecule has 1 atom stereocenters. The maximum atomic E-state index is 14.3. The minimum atomic E-state index is -1.05. The Labute approximate surface area is 254 Å². The molecule has 0 fully saturated rings. The smallest absolute Gasteiger partial charge is 0.295 e. The van der Waals surface area contributed by atoms with Crippen molar-refractivity contribution in [1.82, 2.24) is 19.2 Å². The van der Waals surface area contributed by atoms with E-state index < -0.39 is 11.9 Å². The maximum Gasteiger partial charge on any atom is 0.295 e. The molecule has 0 saturated carbocycles. The predicted octanol–water partition coefficient (Wildman–Crippen LogP) is 5.82. The van der Waals surface area contributed by atoms with Crippen LogP contribution in [0.2, 0.25) is 0 Å². The fourth-order valence-electron chi connectivity index (χ4n) is 5.56. The van der Waals surface area contributed by atoms with E-state index in [-0.39, 0.29) is 30.1 Å². The molecule has 1 unspecified atom stereocenters. The molecule has 3 aromatic heterocycles. The summed E-state index contributed by atoms with van der Waals surface area (Å²) in [6, 6.07) is 27.0. The van der Waals surface area contributed by atoms with Crippen LogP contribution in [0, 0.1) is 13.8 Å². The van der Waals surface area contributed by atoms with Gasteiger partial charge in [-0.15, -0.1) is 0 Å². The molecule has 3 aromatic carbocycles. The van der Waals surface area contributed by atoms with Crippen molar-refractivity contribution >= 4 is 28.4 Å². The minimum Gasteiger partial charge on any atom is -0.467 e. The average molecular weight is 588 g/mol. The molecule has 2 amide bonds. The monoisotopic (exact) mass is 587 g/mol. The zero-order valence-electron chi connectivity index (χ0n) is 24.8. The Balaban J connectivity index is 1.41. The van der Waals surface area contributed by atoms with E-state index in [4.69, 9.17) is 4.42 Å². The second-order valence-corrected chi connectivity index (χ2v) is 10.9. The summed E-state index contributed by atoms with van der Waals surface area (Å²) in [5, 5.41) is 3.84. The van der Waals surface area contributed by atoms with Gasteiger partial charge in [0.05, 0.1) is 30.6 Å². The van der Waals surface area contributed by atoms with E-state index in [9.17, 15) is 14.4 Å². The number of para-hydroxylation sites is 2. The lowest BCUT2D eigenvalue weighted by Gasteiger charge is -2.31. The van der Waals surface area contributed by atoms with Crippen molar-refractivity contribution in [3.05, 3.63) is 142 Å². The SMILES string of the molecule is Cc1ccc(C(C(=O)Nc2c(C)n(C)n(-c3ccccc3)c2=O)N(Cc2ccco2)C(=O)Cc2c[nH]c3ccccc23)cc1. The Kier molecular flexibility index (Phi) is 7.76. The Morgan fingerprint density at radius 1 is 0.932 bits per heavy atom. The number of hydrogen-bond acceptors (Lipinski definition) is 4. The molecule has 0 bridgehead atoms. The first-order chi connectivity index (χ1) is 21.3. The molecular weight excluding hydrogens is 554 g/mol. The number of rotatable bonds is 9. The number of aryl methyl sites for hydroxylation is 1. The number of nitrogens with one attached hydrogen (secondary N) is 2. The van der Waals surface area contributed by atoms with Gasteiger partial charge in [-0.2, -0.15) is 0 Å². The van der Waals surface area contributed by atoms with Gasteiger partial charge in [0.1, 0.15) is 17.5 Å². The highest BCUT2D eigenvalue weighted by atomic mass is 16.3. The second kappa shape index (κ2) is 12.0. The van der Waals surface area contributed by atoms with Gasteiger partial charge in [-0.3, -0.25) is 19.1 Å². The van der Waals surface area contributed by atoms with E-state index >= 15 is 0 Å². The van der Waals surface area contributed by atoms with Gasteiger partial charge in [0.2, 0.25) is 5.91 Å². The molecule has 0 aliphatic carbocycles. The van der Waals surface area contributed by atoms with Crippen LogP contribution in [0.25, 0.3) is 16.6 Å². The largest absolute Gasteiger partial charge is 0.467 e. The van der Waals surface area contributed by atoms with Gasteiger partial charge in [0, 0.05) is 24.1 Å². The van der Waals surface area contributed by atoms with Crippen molar-refractivity contribution in [3.8, 4) is 5.69 Å². The average Bonchev–Trinajstić information content (AvgIpc) is 3.75. The third-order valence-electron chi connectivity index (χ3n) is 8.00. The molecule has 0 aliphatic heterocycles. The summed E-state index contributed by atoms with van der Waals surface area (Å²) >= 11 is 0. The van der Waals surface area contributed by atoms with Crippen molar-refractivity contribution in [2.45, 2.75) is 32.9 Å². The fourth-order valence-corrected chi connectivity index (χ4v) is 5.56. The standard InChI is InChI=1S/C35H33N5O4/c1-23-15-17-25(18-16-23)33(34(42)37-32-24(2)38(3)40(35(32)43)27-10-5-4-6-11-27)39(22-28-12-9-19-44-28)31(41)20-26-21-36-30-14-8-7-13-29(26)30/h4-19,21,33,36H,20,22H2,1-3H3,(H,37,42). The van der Waals surface area contributed by atoms with Crippen LogP contribution in [0.5, 0.6) is 0 Å². The number of amides is 2. The Hall–Kier alpha value is -5.57. The normalized spacial score (nSPS) is 11.9. The van der Waals surface area contributed by atoms with Crippen molar-refractivity contribution < 1.29 is 14.0 Å². The molecule has 6 aromatic rings. The molecule has 0 aliphatic rings. The zero-order valence-corrected chi connectivity index (χ0v) is 24.8. The van der Waals surface area contributed by atoms with Gasteiger partial charge in [0.25, 0.3) is 11.5 Å². The zero-order chi connectivity index (χ0) is 30.8. The summed E-state index contributed by atoms with van der Waals surface area (Å²) in [6.45, 7) is 3.79. The van der Waals surface area contributed by atoms with Crippen LogP contribution in [0.1, 0.15) is 34.2 Å². The molecule has 0 spiro atoms. The minimum absolute atomic E-state index is 0.0577. The van der Waals surface area contributed by atoms with Crippen molar-refractivity contribution in [2.24, 2.45) is 7.05 Å². The van der Waals surface area contributed by atoms with Gasteiger partial charge in [0.15, 0.2) is 0 Å². The van der Waals surface area contributed by atoms with E-state index in [1.165, 1.54) is 15.8 Å². The molecule has 222 valence electrons. The van der Waals surface area contributed by atoms with Crippen LogP contribution < -0.4 is 10.9 Å². The Morgan fingerprint density at radius 2 is 1.66 bits per heavy atom. The quantitative estimate of drug-likeness (QED) is 0.222. The van der Waals surface area contributed by atoms with Gasteiger partial charge < -0.3 is 19.6 Å². The topological polar surface area (TPSA) is 105 Å². The Bertz CT molecular complexity index is 1980. The number of benzene rings is 3.